The summed E-state index contributed by atoms with van der Waals surface area (Å²) in [5.74, 6) is 0.941. The Kier molecular flexibility index (Phi) is 10.5. The van der Waals surface area contributed by atoms with Crippen LogP contribution < -0.4 is 10.6 Å². The van der Waals surface area contributed by atoms with Crippen LogP contribution in [-0.4, -0.2) is 71.8 Å². The molecule has 1 aromatic rings. The van der Waals surface area contributed by atoms with E-state index in [1.807, 2.05) is 0 Å². The van der Waals surface area contributed by atoms with E-state index in [-0.39, 0.29) is 30.1 Å². The van der Waals surface area contributed by atoms with E-state index < -0.39 is 0 Å². The lowest BCUT2D eigenvalue weighted by Crippen LogP contribution is -2.45. The number of aliphatic hydroxyl groups excluding tert-OH is 1. The summed E-state index contributed by atoms with van der Waals surface area (Å²) in [5, 5.41) is 16.8. The standard InChI is InChI=1S/C25H41N5O.HI/c1-2-26-25(28-22-11-16-30(19-22)23-5-3-4-6-23)27-17-20-7-9-21(10-8-20)18-29-14-12-24(31)13-15-29;/h7-10,22-24,31H,2-6,11-19H2,1H3,(H2,26,27,28);1H. The molecule has 4 rings (SSSR count). The van der Waals surface area contributed by atoms with Crippen LogP contribution in [0.1, 0.15) is 63.0 Å². The van der Waals surface area contributed by atoms with E-state index in [1.165, 1.54) is 49.8 Å². The van der Waals surface area contributed by atoms with Crippen LogP contribution in [0.2, 0.25) is 0 Å². The summed E-state index contributed by atoms with van der Waals surface area (Å²) in [5.41, 5.74) is 2.58. The molecule has 0 radical (unpaired) electrons. The van der Waals surface area contributed by atoms with Crippen molar-refractivity contribution in [2.24, 2.45) is 4.99 Å². The smallest absolute Gasteiger partial charge is 0.191 e. The van der Waals surface area contributed by atoms with Gasteiger partial charge in [-0.15, -0.1) is 24.0 Å². The van der Waals surface area contributed by atoms with E-state index in [0.29, 0.717) is 12.6 Å². The molecule has 1 saturated carbocycles. The van der Waals surface area contributed by atoms with Crippen molar-refractivity contribution in [2.75, 3.05) is 32.7 Å². The van der Waals surface area contributed by atoms with Crippen LogP contribution in [0.5, 0.6) is 0 Å². The van der Waals surface area contributed by atoms with E-state index >= 15 is 0 Å². The van der Waals surface area contributed by atoms with Gasteiger partial charge in [0.25, 0.3) is 0 Å². The largest absolute Gasteiger partial charge is 0.393 e. The van der Waals surface area contributed by atoms with Gasteiger partial charge in [-0.2, -0.15) is 0 Å². The molecule has 3 fully saturated rings. The van der Waals surface area contributed by atoms with Crippen LogP contribution in [-0.2, 0) is 13.1 Å². The first-order valence-electron chi connectivity index (χ1n) is 12.5. The van der Waals surface area contributed by atoms with Gasteiger partial charge in [0.2, 0.25) is 0 Å². The fraction of sp³-hybridized carbons (Fsp3) is 0.720. The van der Waals surface area contributed by atoms with Crippen LogP contribution in [0.4, 0.5) is 0 Å². The van der Waals surface area contributed by atoms with Crippen LogP contribution in [0, 0.1) is 0 Å². The minimum Gasteiger partial charge on any atom is -0.393 e. The van der Waals surface area contributed by atoms with Gasteiger partial charge < -0.3 is 15.7 Å². The Hall–Kier alpha value is -0.900. The third kappa shape index (κ3) is 7.57. The molecule has 3 N–H and O–H groups in total. The van der Waals surface area contributed by atoms with Crippen LogP contribution in [0.25, 0.3) is 0 Å². The molecule has 6 nitrogen and oxygen atoms in total. The lowest BCUT2D eigenvalue weighted by Gasteiger charge is -2.29. The third-order valence-electron chi connectivity index (χ3n) is 7.15. The number of hydrogen-bond donors (Lipinski definition) is 3. The van der Waals surface area contributed by atoms with Gasteiger partial charge in [0.05, 0.1) is 12.6 Å². The molecule has 0 aromatic heterocycles. The number of hydrogen-bond acceptors (Lipinski definition) is 4. The number of piperidine rings is 1. The molecule has 0 amide bonds. The van der Waals surface area contributed by atoms with Crippen molar-refractivity contribution in [3.63, 3.8) is 0 Å². The highest BCUT2D eigenvalue weighted by atomic mass is 127. The minimum atomic E-state index is -0.106. The number of halogens is 1. The molecule has 1 aliphatic carbocycles. The third-order valence-corrected chi connectivity index (χ3v) is 7.15. The molecule has 2 aliphatic heterocycles. The highest BCUT2D eigenvalue weighted by Crippen LogP contribution is 2.26. The van der Waals surface area contributed by atoms with Crippen molar-refractivity contribution in [3.05, 3.63) is 35.4 Å². The molecule has 2 heterocycles. The zero-order valence-corrected chi connectivity index (χ0v) is 22.0. The number of aliphatic hydroxyl groups is 1. The highest BCUT2D eigenvalue weighted by molar-refractivity contribution is 14.0. The molecular formula is C25H42IN5O. The van der Waals surface area contributed by atoms with Gasteiger partial charge in [0, 0.05) is 51.4 Å². The fourth-order valence-corrected chi connectivity index (χ4v) is 5.28. The molecule has 2 saturated heterocycles. The number of aliphatic imine (C=N–C) groups is 1. The molecule has 3 aliphatic rings. The van der Waals surface area contributed by atoms with Crippen molar-refractivity contribution in [1.29, 1.82) is 0 Å². The number of rotatable bonds is 7. The number of nitrogens with zero attached hydrogens (tertiary/aromatic N) is 3. The first-order valence-corrected chi connectivity index (χ1v) is 12.5. The molecule has 0 bridgehead atoms. The summed E-state index contributed by atoms with van der Waals surface area (Å²) < 4.78 is 0. The summed E-state index contributed by atoms with van der Waals surface area (Å²) in [4.78, 5) is 9.99. The molecule has 0 spiro atoms. The quantitative estimate of drug-likeness (QED) is 0.274. The maximum absolute atomic E-state index is 9.67. The minimum absolute atomic E-state index is 0. The topological polar surface area (TPSA) is 63.1 Å². The Labute approximate surface area is 211 Å². The Morgan fingerprint density at radius 3 is 2.38 bits per heavy atom. The van der Waals surface area contributed by atoms with E-state index in [9.17, 15) is 5.11 Å². The van der Waals surface area contributed by atoms with Crippen molar-refractivity contribution >= 4 is 29.9 Å². The lowest BCUT2D eigenvalue weighted by atomic mass is 10.1. The average Bonchev–Trinajstić information content (AvgIpc) is 3.47. The predicted octanol–water partition coefficient (Wildman–Crippen LogP) is 3.33. The predicted molar refractivity (Wildman–Crippen MR) is 143 cm³/mol. The van der Waals surface area contributed by atoms with Crippen molar-refractivity contribution in [2.45, 2.75) is 83.1 Å². The molecule has 7 heteroatoms. The normalized spacial score (nSPS) is 23.9. The molecule has 1 atom stereocenters. The second-order valence-electron chi connectivity index (χ2n) is 9.58. The van der Waals surface area contributed by atoms with E-state index in [4.69, 9.17) is 4.99 Å². The Morgan fingerprint density at radius 2 is 1.69 bits per heavy atom. The first kappa shape index (κ1) is 25.7. The first-order chi connectivity index (χ1) is 15.2. The Bertz CT molecular complexity index is 699. The van der Waals surface area contributed by atoms with Gasteiger partial charge in [-0.3, -0.25) is 9.80 Å². The Balaban J connectivity index is 0.00000289. The zero-order chi connectivity index (χ0) is 21.5. The van der Waals surface area contributed by atoms with Gasteiger partial charge in [0.15, 0.2) is 5.96 Å². The average molecular weight is 556 g/mol. The molecule has 180 valence electrons. The van der Waals surface area contributed by atoms with Crippen LogP contribution in [0.15, 0.2) is 29.3 Å². The highest BCUT2D eigenvalue weighted by Gasteiger charge is 2.30. The Morgan fingerprint density at radius 1 is 1.00 bits per heavy atom. The number of benzene rings is 1. The van der Waals surface area contributed by atoms with Crippen molar-refractivity contribution in [3.8, 4) is 0 Å². The maximum atomic E-state index is 9.67. The van der Waals surface area contributed by atoms with Gasteiger partial charge in [-0.05, 0) is 50.2 Å². The summed E-state index contributed by atoms with van der Waals surface area (Å²) >= 11 is 0. The van der Waals surface area contributed by atoms with E-state index in [0.717, 1.165) is 57.6 Å². The van der Waals surface area contributed by atoms with E-state index in [2.05, 4.69) is 51.6 Å². The summed E-state index contributed by atoms with van der Waals surface area (Å²) in [6.45, 7) is 9.04. The number of guanidine groups is 1. The summed E-state index contributed by atoms with van der Waals surface area (Å²) in [6.07, 6.45) is 8.48. The number of nitrogens with one attached hydrogen (secondary N) is 2. The number of likely N-dealkylation sites (tertiary alicyclic amines) is 2. The van der Waals surface area contributed by atoms with E-state index in [1.54, 1.807) is 0 Å². The summed E-state index contributed by atoms with van der Waals surface area (Å²) in [7, 11) is 0. The van der Waals surface area contributed by atoms with Gasteiger partial charge in [-0.25, -0.2) is 4.99 Å². The monoisotopic (exact) mass is 555 g/mol. The second kappa shape index (κ2) is 13.1. The van der Waals surface area contributed by atoms with Gasteiger partial charge in [0.1, 0.15) is 0 Å². The molecule has 1 aromatic carbocycles. The summed E-state index contributed by atoms with van der Waals surface area (Å²) in [6, 6.07) is 10.2. The van der Waals surface area contributed by atoms with Gasteiger partial charge >= 0.3 is 0 Å². The van der Waals surface area contributed by atoms with Crippen molar-refractivity contribution < 1.29 is 5.11 Å². The van der Waals surface area contributed by atoms with Gasteiger partial charge in [-0.1, -0.05) is 37.1 Å². The SMILES string of the molecule is CCNC(=NCc1ccc(CN2CCC(O)CC2)cc1)NC1CCN(C2CCCC2)C1.I. The molecular weight excluding hydrogens is 513 g/mol. The molecule has 32 heavy (non-hydrogen) atoms. The molecule has 1 unspecified atom stereocenters. The van der Waals surface area contributed by atoms with Crippen LogP contribution >= 0.6 is 24.0 Å². The lowest BCUT2D eigenvalue weighted by molar-refractivity contribution is 0.0792. The van der Waals surface area contributed by atoms with Crippen LogP contribution in [0.3, 0.4) is 0 Å². The zero-order valence-electron chi connectivity index (χ0n) is 19.6. The second-order valence-corrected chi connectivity index (χ2v) is 9.58. The maximum Gasteiger partial charge on any atom is 0.191 e. The van der Waals surface area contributed by atoms with Crippen molar-refractivity contribution in [1.82, 2.24) is 20.4 Å². The fourth-order valence-electron chi connectivity index (χ4n) is 5.28.